The summed E-state index contributed by atoms with van der Waals surface area (Å²) in [5.74, 6) is -10.9. The first kappa shape index (κ1) is 24.5. The van der Waals surface area contributed by atoms with Crippen LogP contribution in [0.3, 0.4) is 0 Å². The SMILES string of the molecule is CCCCCCCCCCS(=O)(=O)CCCN1CC(F)(F)C(F)(F)C1(F)F. The van der Waals surface area contributed by atoms with Crippen LogP contribution in [0.15, 0.2) is 0 Å². The molecule has 0 aliphatic carbocycles. The predicted molar refractivity (Wildman–Crippen MR) is 92.3 cm³/mol. The maximum absolute atomic E-state index is 13.4. The lowest BCUT2D eigenvalue weighted by Gasteiger charge is -2.26. The molecule has 0 atom stereocenters. The number of rotatable bonds is 13. The van der Waals surface area contributed by atoms with Crippen LogP contribution < -0.4 is 0 Å². The summed E-state index contributed by atoms with van der Waals surface area (Å²) in [5.41, 5.74) is 0. The average molecular weight is 425 g/mol. The van der Waals surface area contributed by atoms with E-state index in [1.54, 1.807) is 0 Å². The minimum Gasteiger partial charge on any atom is -0.233 e. The zero-order valence-corrected chi connectivity index (χ0v) is 16.4. The third-order valence-corrected chi connectivity index (χ3v) is 6.64. The Morgan fingerprint density at radius 2 is 1.26 bits per heavy atom. The van der Waals surface area contributed by atoms with Crippen molar-refractivity contribution >= 4 is 9.84 Å². The molecule has 0 bridgehead atoms. The first-order valence-electron chi connectivity index (χ1n) is 9.46. The molecule has 1 aliphatic rings. The topological polar surface area (TPSA) is 37.4 Å². The maximum Gasteiger partial charge on any atom is 0.387 e. The highest BCUT2D eigenvalue weighted by molar-refractivity contribution is 7.91. The van der Waals surface area contributed by atoms with Gasteiger partial charge in [-0.3, -0.25) is 0 Å². The third kappa shape index (κ3) is 6.51. The summed E-state index contributed by atoms with van der Waals surface area (Å²) < 4.78 is 103. The van der Waals surface area contributed by atoms with Gasteiger partial charge in [0.15, 0.2) is 0 Å². The van der Waals surface area contributed by atoms with Gasteiger partial charge in [-0.1, -0.05) is 51.9 Å². The van der Waals surface area contributed by atoms with Gasteiger partial charge in [-0.05, 0) is 12.8 Å². The molecule has 0 aromatic carbocycles. The van der Waals surface area contributed by atoms with Crippen LogP contribution in [0, 0.1) is 0 Å². The maximum atomic E-state index is 13.4. The van der Waals surface area contributed by atoms with Crippen molar-refractivity contribution in [2.24, 2.45) is 0 Å². The second kappa shape index (κ2) is 9.80. The van der Waals surface area contributed by atoms with Gasteiger partial charge >= 0.3 is 17.9 Å². The van der Waals surface area contributed by atoms with Crippen LogP contribution in [-0.4, -0.2) is 55.8 Å². The lowest BCUT2D eigenvalue weighted by atomic mass is 10.1. The van der Waals surface area contributed by atoms with Crippen molar-refractivity contribution in [1.82, 2.24) is 4.90 Å². The molecule has 1 rings (SSSR count). The van der Waals surface area contributed by atoms with Crippen molar-refractivity contribution < 1.29 is 34.8 Å². The molecule has 0 aromatic rings. The van der Waals surface area contributed by atoms with Crippen molar-refractivity contribution in [1.29, 1.82) is 0 Å². The van der Waals surface area contributed by atoms with Gasteiger partial charge in [-0.2, -0.15) is 26.3 Å². The predicted octanol–water partition coefficient (Wildman–Crippen LogP) is 5.11. The Bertz CT molecular complexity index is 554. The van der Waals surface area contributed by atoms with E-state index in [1.165, 1.54) is 6.42 Å². The molecule has 1 saturated heterocycles. The van der Waals surface area contributed by atoms with Gasteiger partial charge in [0.25, 0.3) is 0 Å². The third-order valence-electron chi connectivity index (χ3n) is 4.82. The van der Waals surface area contributed by atoms with Gasteiger partial charge in [-0.15, -0.1) is 0 Å². The van der Waals surface area contributed by atoms with Crippen LogP contribution in [0.25, 0.3) is 0 Å². The second-order valence-electron chi connectivity index (χ2n) is 7.22. The molecule has 27 heavy (non-hydrogen) atoms. The van der Waals surface area contributed by atoms with Crippen LogP contribution in [-0.2, 0) is 9.84 Å². The number of unbranched alkanes of at least 4 members (excludes halogenated alkanes) is 7. The molecule has 10 heteroatoms. The number of halogens is 6. The molecular weight excluding hydrogens is 396 g/mol. The average Bonchev–Trinajstić information content (AvgIpc) is 2.66. The fourth-order valence-corrected chi connectivity index (χ4v) is 4.53. The normalized spacial score (nSPS) is 21.6. The van der Waals surface area contributed by atoms with E-state index in [-0.39, 0.29) is 17.1 Å². The number of nitrogens with zero attached hydrogens (tertiary/aromatic N) is 1. The number of likely N-dealkylation sites (tertiary alicyclic amines) is 1. The van der Waals surface area contributed by atoms with Crippen molar-refractivity contribution in [3.63, 3.8) is 0 Å². The molecule has 1 heterocycles. The summed E-state index contributed by atoms with van der Waals surface area (Å²) >= 11 is 0. The summed E-state index contributed by atoms with van der Waals surface area (Å²) in [6.07, 6.45) is 7.37. The lowest BCUT2D eigenvalue weighted by Crippen LogP contribution is -2.50. The van der Waals surface area contributed by atoms with Crippen molar-refractivity contribution in [3.8, 4) is 0 Å². The van der Waals surface area contributed by atoms with Gasteiger partial charge in [0.05, 0.1) is 18.1 Å². The molecule has 0 spiro atoms. The zero-order chi connectivity index (χ0) is 20.8. The second-order valence-corrected chi connectivity index (χ2v) is 9.53. The summed E-state index contributed by atoms with van der Waals surface area (Å²) in [7, 11) is -3.52. The van der Waals surface area contributed by atoms with Crippen LogP contribution in [0.4, 0.5) is 26.3 Å². The number of sulfone groups is 1. The standard InChI is InChI=1S/C17H29F6NO2S/c1-2-3-4-5-6-7-8-9-12-27(25,26)13-10-11-24-14-15(18,19)16(20,21)17(24,22)23/h2-14H2,1H3. The molecule has 0 amide bonds. The van der Waals surface area contributed by atoms with E-state index in [4.69, 9.17) is 0 Å². The van der Waals surface area contributed by atoms with Gasteiger partial charge in [-0.25, -0.2) is 13.3 Å². The first-order chi connectivity index (χ1) is 12.4. The molecule has 162 valence electrons. The van der Waals surface area contributed by atoms with Gasteiger partial charge in [0.1, 0.15) is 9.84 Å². The van der Waals surface area contributed by atoms with Crippen molar-refractivity contribution in [2.75, 3.05) is 24.6 Å². The van der Waals surface area contributed by atoms with Crippen molar-refractivity contribution in [3.05, 3.63) is 0 Å². The Labute approximate surface area is 157 Å². The zero-order valence-electron chi connectivity index (χ0n) is 15.6. The molecule has 0 unspecified atom stereocenters. The van der Waals surface area contributed by atoms with Crippen LogP contribution in [0.5, 0.6) is 0 Å². The molecular formula is C17H29F6NO2S. The quantitative estimate of drug-likeness (QED) is 0.234. The van der Waals surface area contributed by atoms with E-state index in [0.29, 0.717) is 6.42 Å². The Morgan fingerprint density at radius 1 is 0.778 bits per heavy atom. The number of hydrogen-bond donors (Lipinski definition) is 0. The van der Waals surface area contributed by atoms with Crippen LogP contribution >= 0.6 is 0 Å². The molecule has 0 N–H and O–H groups in total. The van der Waals surface area contributed by atoms with Crippen molar-refractivity contribution in [2.45, 2.75) is 82.6 Å². The Balaban J connectivity index is 2.29. The van der Waals surface area contributed by atoms with Gasteiger partial charge in [0, 0.05) is 6.54 Å². The van der Waals surface area contributed by atoms with Gasteiger partial charge < -0.3 is 0 Å². The first-order valence-corrected chi connectivity index (χ1v) is 11.3. The Morgan fingerprint density at radius 3 is 1.74 bits per heavy atom. The minimum absolute atomic E-state index is 0.106. The fraction of sp³-hybridized carbons (Fsp3) is 1.00. The fourth-order valence-electron chi connectivity index (χ4n) is 3.11. The monoisotopic (exact) mass is 425 g/mol. The molecule has 1 fully saturated rings. The highest BCUT2D eigenvalue weighted by atomic mass is 32.2. The molecule has 3 nitrogen and oxygen atoms in total. The van der Waals surface area contributed by atoms with E-state index in [9.17, 15) is 34.8 Å². The lowest BCUT2D eigenvalue weighted by molar-refractivity contribution is -0.293. The molecule has 0 saturated carbocycles. The van der Waals surface area contributed by atoms with Gasteiger partial charge in [0.2, 0.25) is 0 Å². The highest BCUT2D eigenvalue weighted by Gasteiger charge is 2.79. The number of alkyl halides is 6. The summed E-state index contributed by atoms with van der Waals surface area (Å²) in [5, 5.41) is 0. The van der Waals surface area contributed by atoms with Crippen LogP contribution in [0.1, 0.15) is 64.7 Å². The van der Waals surface area contributed by atoms with E-state index in [2.05, 4.69) is 6.92 Å². The Kier molecular flexibility index (Phi) is 8.91. The Hall–Kier alpha value is -0.510. The van der Waals surface area contributed by atoms with E-state index in [1.807, 2.05) is 0 Å². The smallest absolute Gasteiger partial charge is 0.233 e. The van der Waals surface area contributed by atoms with Crippen LogP contribution in [0.2, 0.25) is 0 Å². The number of hydrogen-bond acceptors (Lipinski definition) is 3. The highest BCUT2D eigenvalue weighted by Crippen LogP contribution is 2.53. The summed E-state index contributed by atoms with van der Waals surface area (Å²) in [6, 6.07) is -4.99. The largest absolute Gasteiger partial charge is 0.387 e. The summed E-state index contributed by atoms with van der Waals surface area (Å²) in [6.45, 7) is -0.493. The van der Waals surface area contributed by atoms with E-state index >= 15 is 0 Å². The van der Waals surface area contributed by atoms with E-state index < -0.39 is 46.6 Å². The molecule has 1 aliphatic heterocycles. The molecule has 0 aromatic heterocycles. The summed E-state index contributed by atoms with van der Waals surface area (Å²) in [4.78, 5) is -0.321. The minimum atomic E-state index is -5.46. The molecule has 0 radical (unpaired) electrons. The van der Waals surface area contributed by atoms with E-state index in [0.717, 1.165) is 38.5 Å².